The predicted octanol–water partition coefficient (Wildman–Crippen LogP) is 2.43. The summed E-state index contributed by atoms with van der Waals surface area (Å²) in [6, 6.07) is 5.65. The standard InChI is InChI=1S/C14H13N5O2/c1-15-12-6-10(16-7-17-12)13-18-14(21-19-13)9-5-8(9)11-3-2-4-20-11/h2-4,6-9H,5H2,1H3,(H,15,16,17)/t8-,9-/m0/s1. The quantitative estimate of drug-likeness (QED) is 0.786. The van der Waals surface area contributed by atoms with Crippen LogP contribution < -0.4 is 5.32 Å². The van der Waals surface area contributed by atoms with Gasteiger partial charge in [0.05, 0.1) is 6.26 Å². The zero-order chi connectivity index (χ0) is 14.2. The Kier molecular flexibility index (Phi) is 2.70. The summed E-state index contributed by atoms with van der Waals surface area (Å²) in [5.41, 5.74) is 0.638. The molecule has 106 valence electrons. The number of nitrogens with one attached hydrogen (secondary N) is 1. The van der Waals surface area contributed by atoms with Gasteiger partial charge in [-0.05, 0) is 18.6 Å². The molecule has 7 nitrogen and oxygen atoms in total. The third kappa shape index (κ3) is 2.16. The average molecular weight is 283 g/mol. The lowest BCUT2D eigenvalue weighted by atomic mass is 10.2. The molecule has 7 heteroatoms. The van der Waals surface area contributed by atoms with Crippen molar-refractivity contribution in [3.8, 4) is 11.5 Å². The van der Waals surface area contributed by atoms with Crippen molar-refractivity contribution in [3.63, 3.8) is 0 Å². The fourth-order valence-corrected chi connectivity index (χ4v) is 2.39. The molecule has 3 heterocycles. The fraction of sp³-hybridized carbons (Fsp3) is 0.286. The van der Waals surface area contributed by atoms with Gasteiger partial charge in [-0.15, -0.1) is 0 Å². The Morgan fingerprint density at radius 3 is 3.05 bits per heavy atom. The van der Waals surface area contributed by atoms with Crippen molar-refractivity contribution >= 4 is 5.82 Å². The van der Waals surface area contributed by atoms with Crippen molar-refractivity contribution in [2.75, 3.05) is 12.4 Å². The van der Waals surface area contributed by atoms with Crippen LogP contribution in [0.15, 0.2) is 39.7 Å². The smallest absolute Gasteiger partial charge is 0.230 e. The van der Waals surface area contributed by atoms with E-state index in [4.69, 9.17) is 8.94 Å². The van der Waals surface area contributed by atoms with Gasteiger partial charge in [-0.25, -0.2) is 9.97 Å². The molecule has 0 spiro atoms. The third-order valence-electron chi connectivity index (χ3n) is 3.61. The van der Waals surface area contributed by atoms with E-state index >= 15 is 0 Å². The van der Waals surface area contributed by atoms with E-state index in [1.165, 1.54) is 6.33 Å². The fourth-order valence-electron chi connectivity index (χ4n) is 2.39. The summed E-state index contributed by atoms with van der Waals surface area (Å²) in [7, 11) is 1.80. The largest absolute Gasteiger partial charge is 0.469 e. The zero-order valence-electron chi connectivity index (χ0n) is 11.4. The zero-order valence-corrected chi connectivity index (χ0v) is 11.4. The van der Waals surface area contributed by atoms with Gasteiger partial charge in [-0.3, -0.25) is 0 Å². The average Bonchev–Trinajstić information content (AvgIpc) is 2.97. The first-order valence-electron chi connectivity index (χ1n) is 6.72. The molecule has 0 amide bonds. The van der Waals surface area contributed by atoms with E-state index in [0.29, 0.717) is 29.1 Å². The van der Waals surface area contributed by atoms with Gasteiger partial charge in [-0.2, -0.15) is 4.98 Å². The van der Waals surface area contributed by atoms with Crippen LogP contribution in [0.1, 0.15) is 29.9 Å². The molecule has 0 aromatic carbocycles. The van der Waals surface area contributed by atoms with Crippen molar-refractivity contribution in [3.05, 3.63) is 42.4 Å². The number of furan rings is 1. The topological polar surface area (TPSA) is 89.9 Å². The summed E-state index contributed by atoms with van der Waals surface area (Å²) in [6.07, 6.45) is 4.13. The first-order chi connectivity index (χ1) is 10.3. The number of anilines is 1. The normalized spacial score (nSPS) is 20.4. The number of aromatic nitrogens is 4. The van der Waals surface area contributed by atoms with Gasteiger partial charge in [0, 0.05) is 24.9 Å². The molecule has 0 radical (unpaired) electrons. The van der Waals surface area contributed by atoms with Crippen LogP contribution in [-0.2, 0) is 0 Å². The van der Waals surface area contributed by atoms with Crippen molar-refractivity contribution < 1.29 is 8.94 Å². The molecular formula is C14H13N5O2. The number of hydrogen-bond acceptors (Lipinski definition) is 7. The predicted molar refractivity (Wildman–Crippen MR) is 73.7 cm³/mol. The second-order valence-corrected chi connectivity index (χ2v) is 4.96. The van der Waals surface area contributed by atoms with Gasteiger partial charge < -0.3 is 14.3 Å². The minimum atomic E-state index is 0.239. The Bertz CT molecular complexity index is 752. The summed E-state index contributed by atoms with van der Waals surface area (Å²) >= 11 is 0. The second-order valence-electron chi connectivity index (χ2n) is 4.96. The highest BCUT2D eigenvalue weighted by Crippen LogP contribution is 2.54. The van der Waals surface area contributed by atoms with Gasteiger partial charge in [0.1, 0.15) is 23.6 Å². The molecule has 1 aliphatic rings. The number of nitrogens with zero attached hydrogens (tertiary/aromatic N) is 4. The monoisotopic (exact) mass is 283 g/mol. The van der Waals surface area contributed by atoms with E-state index in [0.717, 1.165) is 12.2 Å². The van der Waals surface area contributed by atoms with Crippen LogP contribution in [0, 0.1) is 0 Å². The van der Waals surface area contributed by atoms with E-state index < -0.39 is 0 Å². The maximum absolute atomic E-state index is 5.41. The van der Waals surface area contributed by atoms with Gasteiger partial charge in [0.15, 0.2) is 0 Å². The van der Waals surface area contributed by atoms with Crippen LogP contribution in [0.3, 0.4) is 0 Å². The number of rotatable bonds is 4. The lowest BCUT2D eigenvalue weighted by Crippen LogP contribution is -1.95. The van der Waals surface area contributed by atoms with Gasteiger partial charge >= 0.3 is 0 Å². The molecule has 21 heavy (non-hydrogen) atoms. The van der Waals surface area contributed by atoms with Crippen molar-refractivity contribution in [2.24, 2.45) is 0 Å². The first kappa shape index (κ1) is 12.1. The Morgan fingerprint density at radius 2 is 2.24 bits per heavy atom. The third-order valence-corrected chi connectivity index (χ3v) is 3.61. The maximum atomic E-state index is 5.41. The highest BCUT2D eigenvalue weighted by atomic mass is 16.5. The minimum Gasteiger partial charge on any atom is -0.469 e. The molecule has 0 saturated heterocycles. The molecule has 0 bridgehead atoms. The highest BCUT2D eigenvalue weighted by Gasteiger charge is 2.45. The molecule has 3 aromatic rings. The van der Waals surface area contributed by atoms with Gasteiger partial charge in [0.25, 0.3) is 0 Å². The van der Waals surface area contributed by atoms with Crippen molar-refractivity contribution in [1.29, 1.82) is 0 Å². The minimum absolute atomic E-state index is 0.239. The van der Waals surface area contributed by atoms with Gasteiger partial charge in [-0.1, -0.05) is 5.16 Å². The van der Waals surface area contributed by atoms with Crippen molar-refractivity contribution in [1.82, 2.24) is 20.1 Å². The molecule has 0 aliphatic heterocycles. The van der Waals surface area contributed by atoms with Crippen LogP contribution >= 0.6 is 0 Å². The molecule has 1 saturated carbocycles. The van der Waals surface area contributed by atoms with Crippen LogP contribution in [-0.4, -0.2) is 27.2 Å². The lowest BCUT2D eigenvalue weighted by molar-refractivity contribution is 0.376. The molecule has 4 rings (SSSR count). The van der Waals surface area contributed by atoms with Crippen LogP contribution in [0.5, 0.6) is 0 Å². The summed E-state index contributed by atoms with van der Waals surface area (Å²) in [5.74, 6) is 3.38. The van der Waals surface area contributed by atoms with Crippen LogP contribution in [0.4, 0.5) is 5.82 Å². The van der Waals surface area contributed by atoms with Gasteiger partial charge in [0.2, 0.25) is 11.7 Å². The molecule has 1 aliphatic carbocycles. The molecule has 0 unspecified atom stereocenters. The lowest BCUT2D eigenvalue weighted by Gasteiger charge is -1.98. The summed E-state index contributed by atoms with van der Waals surface area (Å²) in [6.45, 7) is 0. The molecule has 2 atom stereocenters. The van der Waals surface area contributed by atoms with E-state index in [2.05, 4.69) is 25.4 Å². The van der Waals surface area contributed by atoms with Crippen LogP contribution in [0.2, 0.25) is 0 Å². The molecule has 3 aromatic heterocycles. The summed E-state index contributed by atoms with van der Waals surface area (Å²) in [4.78, 5) is 12.7. The summed E-state index contributed by atoms with van der Waals surface area (Å²) in [5, 5.41) is 6.96. The molecule has 1 fully saturated rings. The molecule has 1 N–H and O–H groups in total. The second kappa shape index (κ2) is 4.69. The Morgan fingerprint density at radius 1 is 1.29 bits per heavy atom. The summed E-state index contributed by atoms with van der Waals surface area (Å²) < 4.78 is 10.8. The van der Waals surface area contributed by atoms with E-state index in [1.807, 2.05) is 12.1 Å². The van der Waals surface area contributed by atoms with E-state index in [1.54, 1.807) is 19.4 Å². The number of hydrogen-bond donors (Lipinski definition) is 1. The Labute approximate surface area is 120 Å². The Hall–Kier alpha value is -2.70. The molecular weight excluding hydrogens is 270 g/mol. The van der Waals surface area contributed by atoms with E-state index in [-0.39, 0.29) is 5.92 Å². The highest BCUT2D eigenvalue weighted by molar-refractivity contribution is 5.53. The van der Waals surface area contributed by atoms with Crippen molar-refractivity contribution in [2.45, 2.75) is 18.3 Å². The SMILES string of the molecule is CNc1cc(-c2noc([C@H]3C[C@@H]3c3ccco3)n2)ncn1. The van der Waals surface area contributed by atoms with Crippen LogP contribution in [0.25, 0.3) is 11.5 Å². The Balaban J connectivity index is 1.56. The maximum Gasteiger partial charge on any atom is 0.230 e. The first-order valence-corrected chi connectivity index (χ1v) is 6.72. The van der Waals surface area contributed by atoms with E-state index in [9.17, 15) is 0 Å².